The lowest BCUT2D eigenvalue weighted by Gasteiger charge is -2.20. The predicted octanol–water partition coefficient (Wildman–Crippen LogP) is 4.21. The number of nitrogens with zero attached hydrogens (tertiary/aromatic N) is 4. The number of aromatic nitrogens is 3. The van der Waals surface area contributed by atoms with E-state index in [1.54, 1.807) is 11.3 Å². The Kier molecular flexibility index (Phi) is 7.23. The summed E-state index contributed by atoms with van der Waals surface area (Å²) >= 11 is 3.00. The SMILES string of the molecule is CCCN(CCC)C(=O)CSc1nnc(CCc2nc3ccccc3s2)o1. The van der Waals surface area contributed by atoms with Crippen LogP contribution in [0.3, 0.4) is 0 Å². The summed E-state index contributed by atoms with van der Waals surface area (Å²) in [6.07, 6.45) is 3.35. The lowest BCUT2D eigenvalue weighted by Crippen LogP contribution is -2.33. The van der Waals surface area contributed by atoms with Crippen LogP contribution in [0.25, 0.3) is 10.2 Å². The van der Waals surface area contributed by atoms with E-state index in [2.05, 4.69) is 35.1 Å². The molecule has 0 radical (unpaired) electrons. The van der Waals surface area contributed by atoms with Crippen molar-refractivity contribution < 1.29 is 9.21 Å². The lowest BCUT2D eigenvalue weighted by molar-refractivity contribution is -0.128. The minimum Gasteiger partial charge on any atom is -0.416 e. The van der Waals surface area contributed by atoms with Gasteiger partial charge in [-0.15, -0.1) is 21.5 Å². The first-order chi connectivity index (χ1) is 13.2. The van der Waals surface area contributed by atoms with Crippen LogP contribution < -0.4 is 0 Å². The summed E-state index contributed by atoms with van der Waals surface area (Å²) < 4.78 is 6.87. The maximum absolute atomic E-state index is 12.3. The van der Waals surface area contributed by atoms with Gasteiger partial charge in [-0.25, -0.2) is 4.98 Å². The standard InChI is InChI=1S/C19H24N4O2S2/c1-3-11-23(12-4-2)18(24)13-26-19-22-21-16(25-19)9-10-17-20-14-7-5-6-8-15(14)27-17/h5-8H,3-4,9-13H2,1-2H3. The first-order valence-electron chi connectivity index (χ1n) is 9.27. The van der Waals surface area contributed by atoms with E-state index in [9.17, 15) is 4.79 Å². The molecule has 27 heavy (non-hydrogen) atoms. The van der Waals surface area contributed by atoms with Gasteiger partial charge in [0.25, 0.3) is 5.22 Å². The largest absolute Gasteiger partial charge is 0.416 e. The fraction of sp³-hybridized carbons (Fsp3) is 0.474. The van der Waals surface area contributed by atoms with E-state index in [0.29, 0.717) is 23.3 Å². The Morgan fingerprint density at radius 1 is 1.15 bits per heavy atom. The molecule has 8 heteroatoms. The molecule has 0 unspecified atom stereocenters. The number of benzene rings is 1. The van der Waals surface area contributed by atoms with Crippen LogP contribution in [0.1, 0.15) is 37.6 Å². The fourth-order valence-electron chi connectivity index (χ4n) is 2.75. The number of thiazole rings is 1. The topological polar surface area (TPSA) is 72.1 Å². The van der Waals surface area contributed by atoms with Gasteiger partial charge in [0.05, 0.1) is 21.0 Å². The predicted molar refractivity (Wildman–Crippen MR) is 109 cm³/mol. The normalized spacial score (nSPS) is 11.2. The van der Waals surface area contributed by atoms with Crippen LogP contribution in [0, 0.1) is 0 Å². The van der Waals surface area contributed by atoms with Crippen LogP contribution in [-0.4, -0.2) is 44.8 Å². The highest BCUT2D eigenvalue weighted by Crippen LogP contribution is 2.23. The average Bonchev–Trinajstić information content (AvgIpc) is 3.30. The monoisotopic (exact) mass is 404 g/mol. The molecule has 0 atom stereocenters. The molecule has 0 bridgehead atoms. The molecule has 0 aliphatic rings. The zero-order chi connectivity index (χ0) is 19.1. The van der Waals surface area contributed by atoms with E-state index in [0.717, 1.165) is 42.9 Å². The molecule has 0 spiro atoms. The molecule has 3 rings (SSSR count). The summed E-state index contributed by atoms with van der Waals surface area (Å²) in [6.45, 7) is 5.76. The molecule has 0 saturated heterocycles. The molecule has 6 nitrogen and oxygen atoms in total. The van der Waals surface area contributed by atoms with Gasteiger partial charge in [-0.05, 0) is 25.0 Å². The summed E-state index contributed by atoms with van der Waals surface area (Å²) in [6, 6.07) is 8.12. The van der Waals surface area contributed by atoms with Gasteiger partial charge in [-0.1, -0.05) is 37.7 Å². The van der Waals surface area contributed by atoms with Crippen LogP contribution in [0.2, 0.25) is 0 Å². The molecular formula is C19H24N4O2S2. The molecule has 2 aromatic heterocycles. The summed E-state index contributed by atoms with van der Waals surface area (Å²) in [5.74, 6) is 1.04. The summed E-state index contributed by atoms with van der Waals surface area (Å²) in [4.78, 5) is 18.8. The highest BCUT2D eigenvalue weighted by Gasteiger charge is 2.15. The number of hydrogen-bond acceptors (Lipinski definition) is 7. The Balaban J connectivity index is 1.50. The first-order valence-corrected chi connectivity index (χ1v) is 11.1. The van der Waals surface area contributed by atoms with Crippen molar-refractivity contribution in [2.75, 3.05) is 18.8 Å². The minimum atomic E-state index is 0.123. The minimum absolute atomic E-state index is 0.123. The molecule has 0 aliphatic carbocycles. The summed E-state index contributed by atoms with van der Waals surface area (Å²) in [7, 11) is 0. The second kappa shape index (κ2) is 9.85. The Morgan fingerprint density at radius 3 is 2.67 bits per heavy atom. The number of para-hydroxylation sites is 1. The number of carbonyl (C=O) groups is 1. The van der Waals surface area contributed by atoms with Gasteiger partial charge in [0.15, 0.2) is 0 Å². The van der Waals surface area contributed by atoms with Gasteiger partial charge >= 0.3 is 0 Å². The zero-order valence-corrected chi connectivity index (χ0v) is 17.3. The highest BCUT2D eigenvalue weighted by molar-refractivity contribution is 7.99. The summed E-state index contributed by atoms with van der Waals surface area (Å²) in [5, 5.41) is 9.67. The number of carbonyl (C=O) groups excluding carboxylic acids is 1. The quantitative estimate of drug-likeness (QED) is 0.472. The average molecular weight is 405 g/mol. The van der Waals surface area contributed by atoms with Crippen molar-refractivity contribution in [1.29, 1.82) is 0 Å². The smallest absolute Gasteiger partial charge is 0.277 e. The Labute approximate surface area is 167 Å². The van der Waals surface area contributed by atoms with Gasteiger partial charge in [0.2, 0.25) is 11.8 Å². The number of thioether (sulfide) groups is 1. The second-order valence-corrected chi connectivity index (χ2v) is 8.25. The van der Waals surface area contributed by atoms with Crippen molar-refractivity contribution in [2.24, 2.45) is 0 Å². The Bertz CT molecular complexity index is 838. The van der Waals surface area contributed by atoms with E-state index in [1.165, 1.54) is 16.5 Å². The van der Waals surface area contributed by atoms with Crippen LogP contribution in [0.15, 0.2) is 33.9 Å². The maximum Gasteiger partial charge on any atom is 0.277 e. The van der Waals surface area contributed by atoms with Crippen LogP contribution in [0.4, 0.5) is 0 Å². The van der Waals surface area contributed by atoms with Crippen molar-refractivity contribution >= 4 is 39.2 Å². The third-order valence-electron chi connectivity index (χ3n) is 4.00. The van der Waals surface area contributed by atoms with Crippen molar-refractivity contribution in [1.82, 2.24) is 20.1 Å². The number of rotatable bonds is 10. The van der Waals surface area contributed by atoms with Crippen LogP contribution in [0.5, 0.6) is 0 Å². The molecule has 1 aromatic carbocycles. The number of hydrogen-bond donors (Lipinski definition) is 0. The second-order valence-electron chi connectivity index (χ2n) is 6.21. The molecule has 0 saturated carbocycles. The third kappa shape index (κ3) is 5.52. The van der Waals surface area contributed by atoms with Gasteiger partial charge in [-0.2, -0.15) is 0 Å². The fourth-order valence-corrected chi connectivity index (χ4v) is 4.40. The van der Waals surface area contributed by atoms with Gasteiger partial charge in [0.1, 0.15) is 0 Å². The Morgan fingerprint density at radius 2 is 1.93 bits per heavy atom. The van der Waals surface area contributed by atoms with E-state index in [-0.39, 0.29) is 5.91 Å². The maximum atomic E-state index is 12.3. The zero-order valence-electron chi connectivity index (χ0n) is 15.7. The van der Waals surface area contributed by atoms with Crippen molar-refractivity contribution in [3.8, 4) is 0 Å². The van der Waals surface area contributed by atoms with E-state index in [1.807, 2.05) is 23.1 Å². The Hall–Kier alpha value is -1.93. The third-order valence-corrected chi connectivity index (χ3v) is 5.90. The lowest BCUT2D eigenvalue weighted by atomic mass is 10.3. The van der Waals surface area contributed by atoms with Gasteiger partial charge in [-0.3, -0.25) is 4.79 Å². The van der Waals surface area contributed by atoms with Crippen molar-refractivity contribution in [2.45, 2.75) is 44.8 Å². The number of fused-ring (bicyclic) bond motifs is 1. The highest BCUT2D eigenvalue weighted by atomic mass is 32.2. The van der Waals surface area contributed by atoms with E-state index < -0.39 is 0 Å². The molecule has 2 heterocycles. The first kappa shape index (κ1) is 19.8. The molecule has 1 amide bonds. The van der Waals surface area contributed by atoms with Crippen molar-refractivity contribution in [3.63, 3.8) is 0 Å². The van der Waals surface area contributed by atoms with Gasteiger partial charge in [0, 0.05) is 25.9 Å². The van der Waals surface area contributed by atoms with Crippen LogP contribution in [-0.2, 0) is 17.6 Å². The number of amides is 1. The molecular weight excluding hydrogens is 380 g/mol. The number of aryl methyl sites for hydroxylation is 2. The van der Waals surface area contributed by atoms with E-state index in [4.69, 9.17) is 4.42 Å². The molecule has 144 valence electrons. The molecule has 0 N–H and O–H groups in total. The van der Waals surface area contributed by atoms with E-state index >= 15 is 0 Å². The molecule has 0 fully saturated rings. The summed E-state index contributed by atoms with van der Waals surface area (Å²) in [5.41, 5.74) is 1.03. The van der Waals surface area contributed by atoms with Crippen molar-refractivity contribution in [3.05, 3.63) is 35.2 Å². The van der Waals surface area contributed by atoms with Gasteiger partial charge < -0.3 is 9.32 Å². The molecule has 3 aromatic rings. The van der Waals surface area contributed by atoms with Crippen LogP contribution >= 0.6 is 23.1 Å². The molecule has 0 aliphatic heterocycles.